The van der Waals surface area contributed by atoms with Gasteiger partial charge in [-0.15, -0.1) is 11.6 Å². The molecule has 0 bridgehead atoms. The first kappa shape index (κ1) is 20.9. The maximum absolute atomic E-state index is 12.4. The van der Waals surface area contributed by atoms with E-state index in [-0.39, 0.29) is 34.9 Å². The summed E-state index contributed by atoms with van der Waals surface area (Å²) in [6.45, 7) is 2.54. The summed E-state index contributed by atoms with van der Waals surface area (Å²) in [6, 6.07) is 18.9. The Labute approximate surface area is 181 Å². The van der Waals surface area contributed by atoms with Crippen molar-refractivity contribution in [2.24, 2.45) is 11.8 Å². The normalized spacial score (nSPS) is 30.7. The van der Waals surface area contributed by atoms with Crippen molar-refractivity contribution in [3.63, 3.8) is 0 Å². The number of nitro groups is 1. The Balaban J connectivity index is 1.81. The highest BCUT2D eigenvalue weighted by atomic mass is 35.5. The van der Waals surface area contributed by atoms with Crippen LogP contribution >= 0.6 is 11.6 Å². The number of hydrogen-bond donors (Lipinski definition) is 0. The monoisotopic (exact) mass is 427 g/mol. The molecule has 5 nitrogen and oxygen atoms in total. The van der Waals surface area contributed by atoms with Crippen LogP contribution in [0.1, 0.15) is 36.3 Å². The largest absolute Gasteiger partial charge is 0.473 e. The first-order valence-electron chi connectivity index (χ1n) is 10.4. The minimum atomic E-state index is -0.767. The fourth-order valence-electron chi connectivity index (χ4n) is 5.19. The van der Waals surface area contributed by atoms with Gasteiger partial charge in [-0.1, -0.05) is 67.6 Å². The fourth-order valence-corrected chi connectivity index (χ4v) is 5.28. The van der Waals surface area contributed by atoms with E-state index < -0.39 is 6.04 Å². The van der Waals surface area contributed by atoms with E-state index in [9.17, 15) is 10.1 Å². The molecule has 1 fully saturated rings. The summed E-state index contributed by atoms with van der Waals surface area (Å²) < 4.78 is 11.6. The number of halogens is 1. The zero-order valence-electron chi connectivity index (χ0n) is 16.9. The van der Waals surface area contributed by atoms with E-state index in [1.807, 2.05) is 60.7 Å². The lowest BCUT2D eigenvalue weighted by atomic mass is 9.58. The Hall–Kier alpha value is -2.37. The Kier molecular flexibility index (Phi) is 6.40. The number of fused-ring (bicyclic) bond motifs is 1. The molecular formula is C24H26ClNO4. The van der Waals surface area contributed by atoms with Crippen molar-refractivity contribution in [3.05, 3.63) is 93.7 Å². The number of rotatable bonds is 6. The van der Waals surface area contributed by atoms with Gasteiger partial charge in [0.05, 0.1) is 24.7 Å². The Morgan fingerprint density at radius 2 is 1.73 bits per heavy atom. The van der Waals surface area contributed by atoms with Crippen molar-refractivity contribution in [3.8, 4) is 0 Å². The molecule has 0 N–H and O–H groups in total. The van der Waals surface area contributed by atoms with Crippen molar-refractivity contribution < 1.29 is 14.4 Å². The predicted molar refractivity (Wildman–Crippen MR) is 116 cm³/mol. The Bertz CT molecular complexity index is 889. The lowest BCUT2D eigenvalue weighted by Gasteiger charge is -2.46. The summed E-state index contributed by atoms with van der Waals surface area (Å²) in [4.78, 5) is 12.3. The molecule has 1 saturated carbocycles. The molecule has 6 heteroatoms. The van der Waals surface area contributed by atoms with Gasteiger partial charge in [0.15, 0.2) is 6.29 Å². The molecular weight excluding hydrogens is 402 g/mol. The second kappa shape index (κ2) is 9.19. The maximum atomic E-state index is 12.4. The first-order valence-corrected chi connectivity index (χ1v) is 10.9. The van der Waals surface area contributed by atoms with Crippen molar-refractivity contribution in [2.45, 2.75) is 37.5 Å². The van der Waals surface area contributed by atoms with Crippen LogP contribution in [0.5, 0.6) is 0 Å². The third kappa shape index (κ3) is 3.96. The van der Waals surface area contributed by atoms with Crippen molar-refractivity contribution in [1.82, 2.24) is 0 Å². The number of nitrogens with zero attached hydrogens (tertiary/aromatic N) is 1. The van der Waals surface area contributed by atoms with Crippen molar-refractivity contribution >= 4 is 11.6 Å². The second-order valence-electron chi connectivity index (χ2n) is 8.05. The molecule has 2 aromatic rings. The molecule has 0 amide bonds. The lowest BCUT2D eigenvalue weighted by molar-refractivity contribution is -0.534. The Morgan fingerprint density at radius 3 is 2.33 bits per heavy atom. The number of ether oxygens (including phenoxy) is 2. The van der Waals surface area contributed by atoms with Crippen LogP contribution in [0, 0.1) is 22.0 Å². The van der Waals surface area contributed by atoms with Gasteiger partial charge in [0.2, 0.25) is 6.04 Å². The molecule has 30 heavy (non-hydrogen) atoms. The topological polar surface area (TPSA) is 61.6 Å². The van der Waals surface area contributed by atoms with Gasteiger partial charge in [0.1, 0.15) is 0 Å². The lowest BCUT2D eigenvalue weighted by Crippen LogP contribution is -2.48. The van der Waals surface area contributed by atoms with Crippen LogP contribution in [-0.4, -0.2) is 29.7 Å². The highest BCUT2D eigenvalue weighted by Crippen LogP contribution is 2.54. The van der Waals surface area contributed by atoms with Gasteiger partial charge < -0.3 is 9.47 Å². The minimum Gasteiger partial charge on any atom is -0.473 e. The minimum absolute atomic E-state index is 0.0695. The van der Waals surface area contributed by atoms with Crippen LogP contribution in [0.2, 0.25) is 0 Å². The summed E-state index contributed by atoms with van der Waals surface area (Å²) in [6.07, 6.45) is 2.01. The van der Waals surface area contributed by atoms with Gasteiger partial charge in [0.25, 0.3) is 0 Å². The molecule has 4 rings (SSSR count). The van der Waals surface area contributed by atoms with Gasteiger partial charge >= 0.3 is 0 Å². The van der Waals surface area contributed by atoms with Crippen LogP contribution in [0.4, 0.5) is 0 Å². The van der Waals surface area contributed by atoms with Gasteiger partial charge in [-0.05, 0) is 28.5 Å². The Morgan fingerprint density at radius 1 is 1.10 bits per heavy atom. The molecule has 0 saturated heterocycles. The van der Waals surface area contributed by atoms with E-state index in [0.717, 1.165) is 16.7 Å². The number of alkyl halides is 1. The molecule has 0 radical (unpaired) electrons. The number of benzene rings is 2. The van der Waals surface area contributed by atoms with E-state index in [4.69, 9.17) is 21.1 Å². The molecule has 0 spiro atoms. The smallest absolute Gasteiger partial charge is 0.230 e. The average molecular weight is 428 g/mol. The van der Waals surface area contributed by atoms with Gasteiger partial charge in [-0.3, -0.25) is 10.1 Å². The summed E-state index contributed by atoms with van der Waals surface area (Å²) in [5.41, 5.74) is 2.96. The van der Waals surface area contributed by atoms with Crippen molar-refractivity contribution in [1.29, 1.82) is 0 Å². The third-order valence-corrected chi connectivity index (χ3v) is 6.62. The SMILES string of the molecule is C[C@@H]1[C@@H](c2ccccc2)[C@@H]([N+](=O)[O-])[C@H](c2ccccc2)C2=CO[C@@H](OCCCl)C[C@H]21. The predicted octanol–water partition coefficient (Wildman–Crippen LogP) is 5.35. The molecule has 1 aliphatic carbocycles. The number of hydrogen-bond acceptors (Lipinski definition) is 4. The van der Waals surface area contributed by atoms with E-state index in [1.165, 1.54) is 0 Å². The standard InChI is InChI=1S/C24H26ClNO4/c1-16-19-14-21(29-13-12-25)30-15-20(19)23(18-10-6-3-7-11-18)24(26(27)28)22(16)17-8-4-2-5-9-17/h2-11,15-16,19,21-24H,12-14H2,1H3/t16-,19-,21+,22-,23+,24+/m0/s1. The van der Waals surface area contributed by atoms with E-state index >= 15 is 0 Å². The maximum Gasteiger partial charge on any atom is 0.230 e. The van der Waals surface area contributed by atoms with E-state index in [1.54, 1.807) is 6.26 Å². The summed E-state index contributed by atoms with van der Waals surface area (Å²) in [5.74, 6) is 0.0481. The average Bonchev–Trinajstić information content (AvgIpc) is 2.78. The molecule has 2 aliphatic rings. The molecule has 1 heterocycles. The highest BCUT2D eigenvalue weighted by Gasteiger charge is 2.54. The molecule has 158 valence electrons. The van der Waals surface area contributed by atoms with Crippen molar-refractivity contribution in [2.75, 3.05) is 12.5 Å². The van der Waals surface area contributed by atoms with Crippen LogP contribution in [0.3, 0.4) is 0 Å². The summed E-state index contributed by atoms with van der Waals surface area (Å²) >= 11 is 5.78. The highest BCUT2D eigenvalue weighted by molar-refractivity contribution is 6.17. The third-order valence-electron chi connectivity index (χ3n) is 6.47. The van der Waals surface area contributed by atoms with E-state index in [0.29, 0.717) is 18.9 Å². The zero-order valence-corrected chi connectivity index (χ0v) is 17.7. The molecule has 1 aliphatic heterocycles. The van der Waals surface area contributed by atoms with Gasteiger partial charge in [0, 0.05) is 17.2 Å². The van der Waals surface area contributed by atoms with Crippen LogP contribution in [-0.2, 0) is 9.47 Å². The first-order chi connectivity index (χ1) is 14.6. The molecule has 0 unspecified atom stereocenters. The van der Waals surface area contributed by atoms with E-state index in [2.05, 4.69) is 6.92 Å². The molecule has 6 atom stereocenters. The summed E-state index contributed by atoms with van der Waals surface area (Å²) in [5, 5.41) is 12.4. The second-order valence-corrected chi connectivity index (χ2v) is 8.42. The van der Waals surface area contributed by atoms with Gasteiger partial charge in [-0.2, -0.15) is 0 Å². The van der Waals surface area contributed by atoms with Crippen LogP contribution in [0.15, 0.2) is 72.5 Å². The van der Waals surface area contributed by atoms with Crippen LogP contribution < -0.4 is 0 Å². The van der Waals surface area contributed by atoms with Gasteiger partial charge in [-0.25, -0.2) is 0 Å². The fraction of sp³-hybridized carbons (Fsp3) is 0.417. The summed E-state index contributed by atoms with van der Waals surface area (Å²) in [7, 11) is 0. The quantitative estimate of drug-likeness (QED) is 0.354. The molecule has 0 aromatic heterocycles. The zero-order chi connectivity index (χ0) is 21.1. The van der Waals surface area contributed by atoms with Crippen LogP contribution in [0.25, 0.3) is 0 Å². The molecule has 2 aromatic carbocycles.